The van der Waals surface area contributed by atoms with Crippen LogP contribution < -0.4 is 5.32 Å². The number of ketones is 1. The summed E-state index contributed by atoms with van der Waals surface area (Å²) in [6.45, 7) is 4.09. The molecule has 1 N–H and O–H groups in total. The third-order valence-corrected chi connectivity index (χ3v) is 8.90. The van der Waals surface area contributed by atoms with E-state index in [1.54, 1.807) is 30.3 Å². The molecule has 3 rings (SSSR count). The van der Waals surface area contributed by atoms with E-state index < -0.39 is 10.0 Å². The van der Waals surface area contributed by atoms with Gasteiger partial charge in [-0.25, -0.2) is 8.42 Å². The van der Waals surface area contributed by atoms with Crippen LogP contribution in [0, 0.1) is 11.8 Å². The highest BCUT2D eigenvalue weighted by Crippen LogP contribution is 2.32. The quantitative estimate of drug-likeness (QED) is 0.660. The normalized spacial score (nSPS) is 17.1. The number of piperidine rings is 1. The summed E-state index contributed by atoms with van der Waals surface area (Å²) in [5.41, 5.74) is 1.13. The van der Waals surface area contributed by atoms with Gasteiger partial charge in [-0.1, -0.05) is 30.7 Å². The average Bonchev–Trinajstić information content (AvgIpc) is 3.15. The number of anilines is 1. The molecule has 29 heavy (non-hydrogen) atoms. The maximum absolute atomic E-state index is 12.7. The number of thiophene rings is 1. The lowest BCUT2D eigenvalue weighted by Crippen LogP contribution is -2.41. The van der Waals surface area contributed by atoms with Crippen molar-refractivity contribution < 1.29 is 18.0 Å². The number of hydrogen-bond acceptors (Lipinski definition) is 5. The molecule has 1 amide bonds. The molecule has 1 unspecified atom stereocenters. The Hall–Kier alpha value is -1.74. The Bertz CT molecular complexity index is 1010. The first-order valence-corrected chi connectivity index (χ1v) is 12.0. The maximum atomic E-state index is 12.7. The highest BCUT2D eigenvalue weighted by Gasteiger charge is 2.34. The van der Waals surface area contributed by atoms with Crippen LogP contribution in [0.15, 0.2) is 40.6 Å². The number of benzene rings is 1. The van der Waals surface area contributed by atoms with Gasteiger partial charge in [0.25, 0.3) is 10.0 Å². The molecule has 0 spiro atoms. The Kier molecular flexibility index (Phi) is 6.78. The standard InChI is InChI=1S/C20H23ClN2O4S2/c1-13(20(25)22-17-5-3-4-16(12-17)14(2)24)15-8-10-23(11-9-15)29(26,27)19-7-6-18(21)28-19/h3-7,12-13,15H,8-11H2,1-2H3,(H,22,25). The van der Waals surface area contributed by atoms with Crippen molar-refractivity contribution in [1.82, 2.24) is 4.31 Å². The Balaban J connectivity index is 1.59. The summed E-state index contributed by atoms with van der Waals surface area (Å²) < 4.78 is 27.6. The molecule has 2 heterocycles. The van der Waals surface area contributed by atoms with Gasteiger partial charge in [0.15, 0.2) is 5.78 Å². The molecule has 2 aromatic rings. The van der Waals surface area contributed by atoms with Gasteiger partial charge < -0.3 is 5.32 Å². The van der Waals surface area contributed by atoms with E-state index in [-0.39, 0.29) is 27.7 Å². The van der Waals surface area contributed by atoms with E-state index in [9.17, 15) is 18.0 Å². The molecule has 1 aromatic carbocycles. The lowest BCUT2D eigenvalue weighted by atomic mass is 9.85. The third kappa shape index (κ3) is 5.06. The molecule has 0 saturated carbocycles. The molecule has 1 aromatic heterocycles. The van der Waals surface area contributed by atoms with Crippen molar-refractivity contribution in [2.75, 3.05) is 18.4 Å². The van der Waals surface area contributed by atoms with Crippen LogP contribution in [-0.2, 0) is 14.8 Å². The van der Waals surface area contributed by atoms with Crippen molar-refractivity contribution in [3.8, 4) is 0 Å². The van der Waals surface area contributed by atoms with Gasteiger partial charge in [-0.05, 0) is 49.9 Å². The molecular weight excluding hydrogens is 432 g/mol. The van der Waals surface area contributed by atoms with Crippen molar-refractivity contribution in [3.05, 3.63) is 46.3 Å². The summed E-state index contributed by atoms with van der Waals surface area (Å²) in [4.78, 5) is 24.2. The number of hydrogen-bond donors (Lipinski definition) is 1. The van der Waals surface area contributed by atoms with E-state index >= 15 is 0 Å². The molecule has 0 radical (unpaired) electrons. The molecule has 0 bridgehead atoms. The first-order valence-electron chi connectivity index (χ1n) is 9.36. The SMILES string of the molecule is CC(=O)c1cccc(NC(=O)C(C)C2CCN(S(=O)(=O)c3ccc(Cl)s3)CC2)c1. The number of amides is 1. The van der Waals surface area contributed by atoms with Crippen molar-refractivity contribution >= 4 is 50.3 Å². The predicted molar refractivity (Wildman–Crippen MR) is 115 cm³/mol. The van der Waals surface area contributed by atoms with Gasteiger partial charge in [-0.15, -0.1) is 11.3 Å². The van der Waals surface area contributed by atoms with Crippen molar-refractivity contribution in [2.24, 2.45) is 11.8 Å². The monoisotopic (exact) mass is 454 g/mol. The van der Waals surface area contributed by atoms with Gasteiger partial charge in [0.2, 0.25) is 5.91 Å². The van der Waals surface area contributed by atoms with Gasteiger partial charge in [-0.3, -0.25) is 9.59 Å². The summed E-state index contributed by atoms with van der Waals surface area (Å²) in [5.74, 6) is -0.367. The van der Waals surface area contributed by atoms with Gasteiger partial charge in [0, 0.05) is 30.3 Å². The predicted octanol–water partition coefficient (Wildman–Crippen LogP) is 4.28. The van der Waals surface area contributed by atoms with Gasteiger partial charge >= 0.3 is 0 Å². The van der Waals surface area contributed by atoms with Crippen LogP contribution in [0.4, 0.5) is 5.69 Å². The van der Waals surface area contributed by atoms with Gasteiger partial charge in [0.1, 0.15) is 4.21 Å². The summed E-state index contributed by atoms with van der Waals surface area (Å²) in [6.07, 6.45) is 1.22. The van der Waals surface area contributed by atoms with Crippen LogP contribution in [0.25, 0.3) is 0 Å². The fourth-order valence-corrected chi connectivity index (χ4v) is 6.57. The second-order valence-electron chi connectivity index (χ2n) is 7.21. The van der Waals surface area contributed by atoms with Crippen LogP contribution in [0.5, 0.6) is 0 Å². The summed E-state index contributed by atoms with van der Waals surface area (Å²) >= 11 is 6.92. The van der Waals surface area contributed by atoms with Gasteiger partial charge in [-0.2, -0.15) is 4.31 Å². The average molecular weight is 455 g/mol. The molecule has 1 atom stereocenters. The number of nitrogens with zero attached hydrogens (tertiary/aromatic N) is 1. The van der Waals surface area contributed by atoms with E-state index in [2.05, 4.69) is 5.32 Å². The van der Waals surface area contributed by atoms with Crippen molar-refractivity contribution in [1.29, 1.82) is 0 Å². The zero-order valence-corrected chi connectivity index (χ0v) is 18.6. The lowest BCUT2D eigenvalue weighted by Gasteiger charge is -2.33. The summed E-state index contributed by atoms with van der Waals surface area (Å²) in [6, 6.07) is 9.96. The van der Waals surface area contributed by atoms with E-state index in [0.717, 1.165) is 11.3 Å². The third-order valence-electron chi connectivity index (χ3n) is 5.30. The van der Waals surface area contributed by atoms with E-state index in [1.807, 2.05) is 6.92 Å². The van der Waals surface area contributed by atoms with Gasteiger partial charge in [0.05, 0.1) is 4.34 Å². The highest BCUT2D eigenvalue weighted by molar-refractivity contribution is 7.91. The van der Waals surface area contributed by atoms with Crippen molar-refractivity contribution in [2.45, 2.75) is 30.9 Å². The number of carbonyl (C=O) groups excluding carboxylic acids is 2. The number of nitrogens with one attached hydrogen (secondary N) is 1. The molecule has 1 aliphatic heterocycles. The van der Waals surface area contributed by atoms with Crippen LogP contribution >= 0.6 is 22.9 Å². The van der Waals surface area contributed by atoms with E-state index in [1.165, 1.54) is 17.3 Å². The number of rotatable bonds is 6. The Labute approximate surface area is 179 Å². The van der Waals surface area contributed by atoms with E-state index in [0.29, 0.717) is 41.5 Å². The second-order valence-corrected chi connectivity index (χ2v) is 11.1. The molecule has 1 saturated heterocycles. The largest absolute Gasteiger partial charge is 0.326 e. The fourth-order valence-electron chi connectivity index (χ4n) is 3.47. The zero-order chi connectivity index (χ0) is 21.2. The number of halogens is 1. The fraction of sp³-hybridized carbons (Fsp3) is 0.400. The zero-order valence-electron chi connectivity index (χ0n) is 16.2. The molecular formula is C20H23ClN2O4S2. The summed E-state index contributed by atoms with van der Waals surface area (Å²) in [7, 11) is -3.54. The van der Waals surface area contributed by atoms with Crippen LogP contribution in [0.3, 0.4) is 0 Å². The molecule has 0 aliphatic carbocycles. The maximum Gasteiger partial charge on any atom is 0.252 e. The second kappa shape index (κ2) is 8.95. The molecule has 6 nitrogen and oxygen atoms in total. The molecule has 1 fully saturated rings. The minimum absolute atomic E-state index is 0.0604. The molecule has 156 valence electrons. The van der Waals surface area contributed by atoms with Crippen LogP contribution in [0.2, 0.25) is 4.34 Å². The Morgan fingerprint density at radius 3 is 2.48 bits per heavy atom. The Morgan fingerprint density at radius 2 is 1.90 bits per heavy atom. The highest BCUT2D eigenvalue weighted by atomic mass is 35.5. The molecule has 1 aliphatic rings. The minimum atomic E-state index is -3.54. The molecule has 9 heteroatoms. The van der Waals surface area contributed by atoms with Crippen molar-refractivity contribution in [3.63, 3.8) is 0 Å². The number of carbonyl (C=O) groups is 2. The van der Waals surface area contributed by atoms with Crippen LogP contribution in [0.1, 0.15) is 37.0 Å². The topological polar surface area (TPSA) is 83.6 Å². The lowest BCUT2D eigenvalue weighted by molar-refractivity contribution is -0.121. The number of sulfonamides is 1. The Morgan fingerprint density at radius 1 is 1.21 bits per heavy atom. The van der Waals surface area contributed by atoms with Crippen LogP contribution in [-0.4, -0.2) is 37.5 Å². The first kappa shape index (κ1) is 22.0. The smallest absolute Gasteiger partial charge is 0.252 e. The van der Waals surface area contributed by atoms with E-state index in [4.69, 9.17) is 11.6 Å². The summed E-state index contributed by atoms with van der Waals surface area (Å²) in [5, 5.41) is 2.87. The first-order chi connectivity index (χ1) is 13.7. The number of Topliss-reactive ketones (excluding diaryl/α,β-unsaturated/α-hetero) is 1. The minimum Gasteiger partial charge on any atom is -0.326 e.